The molecule has 1 aromatic rings. The van der Waals surface area contributed by atoms with Crippen LogP contribution in [0.4, 0.5) is 5.69 Å². The average Bonchev–Trinajstić information content (AvgIpc) is 2.36. The predicted molar refractivity (Wildman–Crippen MR) is 66.3 cm³/mol. The number of hydrogen-bond acceptors (Lipinski definition) is 3. The molecule has 0 radical (unpaired) electrons. The van der Waals surface area contributed by atoms with E-state index in [9.17, 15) is 9.59 Å². The lowest BCUT2D eigenvalue weighted by Crippen LogP contribution is -2.31. The number of fused-ring (bicyclic) bond motifs is 1. The van der Waals surface area contributed by atoms with Gasteiger partial charge in [0, 0.05) is 18.2 Å². The number of benzene rings is 1. The SMILES string of the molecule is CC(C(=O)C(N)=O)C1=Cc2ccccc2NC1. The van der Waals surface area contributed by atoms with Crippen LogP contribution < -0.4 is 11.1 Å². The van der Waals surface area contributed by atoms with Crippen LogP contribution in [0.2, 0.25) is 0 Å². The lowest BCUT2D eigenvalue weighted by atomic mass is 9.91. The minimum atomic E-state index is -0.878. The largest absolute Gasteiger partial charge is 0.381 e. The summed E-state index contributed by atoms with van der Waals surface area (Å²) in [6.45, 7) is 2.27. The van der Waals surface area contributed by atoms with Crippen molar-refractivity contribution in [3.05, 3.63) is 35.4 Å². The molecule has 0 spiro atoms. The highest BCUT2D eigenvalue weighted by molar-refractivity contribution is 6.37. The maximum atomic E-state index is 11.5. The maximum Gasteiger partial charge on any atom is 0.285 e. The number of rotatable bonds is 3. The van der Waals surface area contributed by atoms with Crippen LogP contribution in [0.1, 0.15) is 12.5 Å². The van der Waals surface area contributed by atoms with E-state index in [0.29, 0.717) is 6.54 Å². The molecule has 17 heavy (non-hydrogen) atoms. The highest BCUT2D eigenvalue weighted by Gasteiger charge is 2.23. The van der Waals surface area contributed by atoms with Gasteiger partial charge in [-0.25, -0.2) is 0 Å². The lowest BCUT2D eigenvalue weighted by Gasteiger charge is -2.21. The first-order valence-corrected chi connectivity index (χ1v) is 5.46. The minimum Gasteiger partial charge on any atom is -0.381 e. The van der Waals surface area contributed by atoms with Crippen molar-refractivity contribution in [1.29, 1.82) is 0 Å². The molecule has 1 aliphatic heterocycles. The van der Waals surface area contributed by atoms with Crippen molar-refractivity contribution in [3.8, 4) is 0 Å². The van der Waals surface area contributed by atoms with Crippen molar-refractivity contribution in [1.82, 2.24) is 0 Å². The van der Waals surface area contributed by atoms with Gasteiger partial charge in [-0.05, 0) is 17.2 Å². The smallest absolute Gasteiger partial charge is 0.285 e. The zero-order chi connectivity index (χ0) is 12.4. The van der Waals surface area contributed by atoms with Crippen LogP contribution in [-0.2, 0) is 9.59 Å². The van der Waals surface area contributed by atoms with E-state index in [1.807, 2.05) is 30.3 Å². The van der Waals surface area contributed by atoms with Crippen molar-refractivity contribution in [2.45, 2.75) is 6.92 Å². The lowest BCUT2D eigenvalue weighted by molar-refractivity contribution is -0.137. The van der Waals surface area contributed by atoms with Gasteiger partial charge in [0.2, 0.25) is 5.78 Å². The summed E-state index contributed by atoms with van der Waals surface area (Å²) in [5, 5.41) is 3.21. The molecule has 1 aliphatic rings. The summed E-state index contributed by atoms with van der Waals surface area (Å²) in [4.78, 5) is 22.4. The number of carbonyl (C=O) groups excluding carboxylic acids is 2. The summed E-state index contributed by atoms with van der Waals surface area (Å²) in [6, 6.07) is 7.81. The molecular weight excluding hydrogens is 216 g/mol. The first-order valence-electron chi connectivity index (χ1n) is 5.46. The molecular formula is C13H14N2O2. The van der Waals surface area contributed by atoms with Crippen LogP contribution in [0.3, 0.4) is 0 Å². The molecule has 0 aromatic heterocycles. The van der Waals surface area contributed by atoms with Crippen molar-refractivity contribution >= 4 is 23.5 Å². The molecule has 1 heterocycles. The van der Waals surface area contributed by atoms with Gasteiger partial charge in [-0.15, -0.1) is 0 Å². The Bertz CT molecular complexity index is 506. The van der Waals surface area contributed by atoms with E-state index in [1.165, 1.54) is 0 Å². The van der Waals surface area contributed by atoms with Crippen LogP contribution in [-0.4, -0.2) is 18.2 Å². The monoisotopic (exact) mass is 230 g/mol. The molecule has 0 fully saturated rings. The van der Waals surface area contributed by atoms with E-state index < -0.39 is 17.6 Å². The molecule has 0 saturated heterocycles. The van der Waals surface area contributed by atoms with Gasteiger partial charge >= 0.3 is 0 Å². The van der Waals surface area contributed by atoms with Gasteiger partial charge in [0.05, 0.1) is 0 Å². The molecule has 4 heteroatoms. The fourth-order valence-corrected chi connectivity index (χ4v) is 1.89. The predicted octanol–water partition coefficient (Wildman–Crippen LogP) is 1.19. The molecule has 0 saturated carbocycles. The molecule has 2 rings (SSSR count). The van der Waals surface area contributed by atoms with Gasteiger partial charge in [0.1, 0.15) is 0 Å². The summed E-state index contributed by atoms with van der Waals surface area (Å²) >= 11 is 0. The van der Waals surface area contributed by atoms with Crippen LogP contribution in [0.15, 0.2) is 29.8 Å². The number of anilines is 1. The summed E-state index contributed by atoms with van der Waals surface area (Å²) in [5.41, 5.74) is 7.95. The van der Waals surface area contributed by atoms with Crippen LogP contribution in [0.5, 0.6) is 0 Å². The van der Waals surface area contributed by atoms with Gasteiger partial charge < -0.3 is 11.1 Å². The number of nitrogens with two attached hydrogens (primary N) is 1. The number of hydrogen-bond donors (Lipinski definition) is 2. The first-order chi connectivity index (χ1) is 8.09. The fraction of sp³-hybridized carbons (Fsp3) is 0.231. The molecule has 1 aromatic carbocycles. The van der Waals surface area contributed by atoms with Gasteiger partial charge in [0.15, 0.2) is 0 Å². The fourth-order valence-electron chi connectivity index (χ4n) is 1.89. The zero-order valence-electron chi connectivity index (χ0n) is 9.57. The second-order valence-electron chi connectivity index (χ2n) is 4.11. The Labute approximate surface area is 99.5 Å². The van der Waals surface area contributed by atoms with E-state index in [-0.39, 0.29) is 0 Å². The maximum absolute atomic E-state index is 11.5. The van der Waals surface area contributed by atoms with E-state index in [1.54, 1.807) is 6.92 Å². The number of primary amides is 1. The molecule has 1 amide bonds. The zero-order valence-corrected chi connectivity index (χ0v) is 9.57. The molecule has 0 aliphatic carbocycles. The number of ketones is 1. The summed E-state index contributed by atoms with van der Waals surface area (Å²) in [5.74, 6) is -1.89. The highest BCUT2D eigenvalue weighted by atomic mass is 16.2. The van der Waals surface area contributed by atoms with Crippen LogP contribution >= 0.6 is 0 Å². The molecule has 1 atom stereocenters. The van der Waals surface area contributed by atoms with E-state index in [2.05, 4.69) is 5.32 Å². The Morgan fingerprint density at radius 1 is 1.35 bits per heavy atom. The number of carbonyl (C=O) groups is 2. The Balaban J connectivity index is 2.28. The third-order valence-electron chi connectivity index (χ3n) is 2.98. The van der Waals surface area contributed by atoms with Crippen molar-refractivity contribution in [2.24, 2.45) is 11.7 Å². The quantitative estimate of drug-likeness (QED) is 0.766. The van der Waals surface area contributed by atoms with Crippen molar-refractivity contribution in [3.63, 3.8) is 0 Å². The third-order valence-corrected chi connectivity index (χ3v) is 2.98. The summed E-state index contributed by atoms with van der Waals surface area (Å²) in [6.07, 6.45) is 1.94. The number of amides is 1. The number of Topliss-reactive ketones (excluding diaryl/α,β-unsaturated/α-hetero) is 1. The Hall–Kier alpha value is -2.10. The second kappa shape index (κ2) is 4.41. The van der Waals surface area contributed by atoms with Gasteiger partial charge in [-0.2, -0.15) is 0 Å². The molecule has 88 valence electrons. The van der Waals surface area contributed by atoms with E-state index in [4.69, 9.17) is 5.73 Å². The van der Waals surface area contributed by atoms with Crippen LogP contribution in [0.25, 0.3) is 6.08 Å². The summed E-state index contributed by atoms with van der Waals surface area (Å²) < 4.78 is 0. The Kier molecular flexibility index (Phi) is 2.95. The third kappa shape index (κ3) is 2.20. The van der Waals surface area contributed by atoms with Gasteiger partial charge in [-0.3, -0.25) is 9.59 Å². The Morgan fingerprint density at radius 3 is 2.76 bits per heavy atom. The van der Waals surface area contributed by atoms with Gasteiger partial charge in [0.25, 0.3) is 5.91 Å². The summed E-state index contributed by atoms with van der Waals surface area (Å²) in [7, 11) is 0. The Morgan fingerprint density at radius 2 is 2.06 bits per heavy atom. The average molecular weight is 230 g/mol. The van der Waals surface area contributed by atoms with E-state index in [0.717, 1.165) is 16.8 Å². The van der Waals surface area contributed by atoms with Gasteiger partial charge in [-0.1, -0.05) is 31.2 Å². The molecule has 1 unspecified atom stereocenters. The van der Waals surface area contributed by atoms with E-state index >= 15 is 0 Å². The van der Waals surface area contributed by atoms with Crippen molar-refractivity contribution in [2.75, 3.05) is 11.9 Å². The highest BCUT2D eigenvalue weighted by Crippen LogP contribution is 2.26. The minimum absolute atomic E-state index is 0.464. The molecule has 3 N–H and O–H groups in total. The standard InChI is InChI=1S/C13H14N2O2/c1-8(12(16)13(14)17)10-6-9-4-2-3-5-11(9)15-7-10/h2-6,8,15H,7H2,1H3,(H2,14,17). The molecule has 4 nitrogen and oxygen atoms in total. The number of para-hydroxylation sites is 1. The number of nitrogens with one attached hydrogen (secondary N) is 1. The molecule has 0 bridgehead atoms. The first kappa shape index (κ1) is 11.4. The van der Waals surface area contributed by atoms with Crippen molar-refractivity contribution < 1.29 is 9.59 Å². The normalized spacial score (nSPS) is 15.2. The topological polar surface area (TPSA) is 72.2 Å². The van der Waals surface area contributed by atoms with Crippen LogP contribution in [0, 0.1) is 5.92 Å². The second-order valence-corrected chi connectivity index (χ2v) is 4.11.